The summed E-state index contributed by atoms with van der Waals surface area (Å²) < 4.78 is 25.5. The zero-order valence-corrected chi connectivity index (χ0v) is 12.2. The van der Waals surface area contributed by atoms with Crippen molar-refractivity contribution < 1.29 is 8.60 Å². The standard InChI is InChI=1S/C12H14Cl2FNOS/c1-7-2-3-16-12(6-18(7)17)8-4-11(15)10(14)5-9(8)13/h4-5,7,12,16H,2-3,6H2,1H3. The van der Waals surface area contributed by atoms with Crippen molar-refractivity contribution in [3.05, 3.63) is 33.6 Å². The molecule has 100 valence electrons. The summed E-state index contributed by atoms with van der Waals surface area (Å²) in [5, 5.41) is 3.82. The maximum absolute atomic E-state index is 13.5. The van der Waals surface area contributed by atoms with Gasteiger partial charge >= 0.3 is 0 Å². The Labute approximate surface area is 118 Å². The summed E-state index contributed by atoms with van der Waals surface area (Å²) in [6, 6.07) is 2.54. The van der Waals surface area contributed by atoms with E-state index in [-0.39, 0.29) is 16.3 Å². The van der Waals surface area contributed by atoms with Crippen LogP contribution in [0.2, 0.25) is 10.0 Å². The van der Waals surface area contributed by atoms with Crippen LogP contribution in [0.3, 0.4) is 0 Å². The Morgan fingerprint density at radius 1 is 1.39 bits per heavy atom. The molecule has 18 heavy (non-hydrogen) atoms. The lowest BCUT2D eigenvalue weighted by Gasteiger charge is -2.17. The minimum atomic E-state index is -0.930. The molecule has 1 heterocycles. The summed E-state index contributed by atoms with van der Waals surface area (Å²) in [7, 11) is -0.930. The van der Waals surface area contributed by atoms with Crippen LogP contribution in [0.15, 0.2) is 12.1 Å². The Balaban J connectivity index is 2.30. The zero-order valence-electron chi connectivity index (χ0n) is 9.88. The number of halogens is 3. The third kappa shape index (κ3) is 3.05. The van der Waals surface area contributed by atoms with Crippen molar-refractivity contribution >= 4 is 34.0 Å². The number of benzene rings is 1. The van der Waals surface area contributed by atoms with Gasteiger partial charge in [0.05, 0.1) is 5.02 Å². The number of nitrogens with one attached hydrogen (secondary N) is 1. The van der Waals surface area contributed by atoms with Gasteiger partial charge in [-0.25, -0.2) is 4.39 Å². The lowest BCUT2D eigenvalue weighted by atomic mass is 10.1. The smallest absolute Gasteiger partial charge is 0.142 e. The molecule has 1 aromatic carbocycles. The van der Waals surface area contributed by atoms with Gasteiger partial charge in [-0.3, -0.25) is 4.21 Å². The Morgan fingerprint density at radius 2 is 2.11 bits per heavy atom. The van der Waals surface area contributed by atoms with Gasteiger partial charge in [0.2, 0.25) is 0 Å². The average molecular weight is 310 g/mol. The van der Waals surface area contributed by atoms with Crippen molar-refractivity contribution in [1.29, 1.82) is 0 Å². The van der Waals surface area contributed by atoms with Crippen LogP contribution in [0, 0.1) is 5.82 Å². The van der Waals surface area contributed by atoms with E-state index in [9.17, 15) is 8.60 Å². The molecule has 0 amide bonds. The van der Waals surface area contributed by atoms with E-state index in [1.807, 2.05) is 6.92 Å². The molecule has 2 nitrogen and oxygen atoms in total. The zero-order chi connectivity index (χ0) is 13.3. The molecule has 6 heteroatoms. The van der Waals surface area contributed by atoms with Crippen molar-refractivity contribution in [2.24, 2.45) is 0 Å². The Kier molecular flexibility index (Phi) is 4.64. The third-order valence-corrected chi connectivity index (χ3v) is 5.55. The summed E-state index contributed by atoms with van der Waals surface area (Å²) in [4.78, 5) is 0. The summed E-state index contributed by atoms with van der Waals surface area (Å²) in [5.74, 6) is -0.0527. The molecule has 3 atom stereocenters. The molecule has 2 rings (SSSR count). The van der Waals surface area contributed by atoms with E-state index in [1.165, 1.54) is 12.1 Å². The van der Waals surface area contributed by atoms with Gasteiger partial charge in [0, 0.05) is 32.9 Å². The second-order valence-electron chi connectivity index (χ2n) is 4.44. The lowest BCUT2D eigenvalue weighted by molar-refractivity contribution is 0.569. The Bertz CT molecular complexity index is 483. The molecule has 0 spiro atoms. The van der Waals surface area contributed by atoms with E-state index in [2.05, 4.69) is 5.32 Å². The molecule has 1 fully saturated rings. The highest BCUT2D eigenvalue weighted by Crippen LogP contribution is 2.30. The molecule has 1 N–H and O–H groups in total. The highest BCUT2D eigenvalue weighted by atomic mass is 35.5. The van der Waals surface area contributed by atoms with Crippen LogP contribution < -0.4 is 5.32 Å². The summed E-state index contributed by atoms with van der Waals surface area (Å²) >= 11 is 11.8. The van der Waals surface area contributed by atoms with Gasteiger partial charge in [-0.15, -0.1) is 0 Å². The SMILES string of the molecule is CC1CCNC(c2cc(F)c(Cl)cc2Cl)CS1=O. The molecule has 0 saturated carbocycles. The second kappa shape index (κ2) is 5.87. The van der Waals surface area contributed by atoms with E-state index >= 15 is 0 Å². The van der Waals surface area contributed by atoms with E-state index in [0.29, 0.717) is 16.3 Å². The fourth-order valence-electron chi connectivity index (χ4n) is 1.98. The van der Waals surface area contributed by atoms with E-state index < -0.39 is 16.6 Å². The molecule has 0 aromatic heterocycles. The van der Waals surface area contributed by atoms with E-state index in [1.54, 1.807) is 0 Å². The number of hydrogen-bond acceptors (Lipinski definition) is 2. The van der Waals surface area contributed by atoms with Crippen molar-refractivity contribution in [1.82, 2.24) is 5.32 Å². The molecular formula is C12H14Cl2FNOS. The van der Waals surface area contributed by atoms with Crippen molar-refractivity contribution in [3.8, 4) is 0 Å². The van der Waals surface area contributed by atoms with Gasteiger partial charge in [-0.05, 0) is 30.7 Å². The second-order valence-corrected chi connectivity index (χ2v) is 7.16. The molecule has 1 saturated heterocycles. The predicted molar refractivity (Wildman–Crippen MR) is 74.3 cm³/mol. The van der Waals surface area contributed by atoms with Crippen LogP contribution in [0.25, 0.3) is 0 Å². The Hall–Kier alpha value is -0.160. The molecule has 1 aromatic rings. The van der Waals surface area contributed by atoms with E-state index in [0.717, 1.165) is 13.0 Å². The molecule has 3 unspecified atom stereocenters. The molecular weight excluding hydrogens is 296 g/mol. The van der Waals surface area contributed by atoms with Crippen LogP contribution >= 0.6 is 23.2 Å². The van der Waals surface area contributed by atoms with Crippen molar-refractivity contribution in [2.75, 3.05) is 12.3 Å². The molecule has 1 aliphatic rings. The number of rotatable bonds is 1. The maximum atomic E-state index is 13.5. The first-order valence-corrected chi connectivity index (χ1v) is 7.88. The summed E-state index contributed by atoms with van der Waals surface area (Å²) in [6.45, 7) is 2.71. The highest BCUT2D eigenvalue weighted by Gasteiger charge is 2.25. The summed E-state index contributed by atoms with van der Waals surface area (Å²) in [6.07, 6.45) is 0.844. The quantitative estimate of drug-likeness (QED) is 0.806. The van der Waals surface area contributed by atoms with Gasteiger partial charge in [0.15, 0.2) is 0 Å². The van der Waals surface area contributed by atoms with Gasteiger partial charge < -0.3 is 5.32 Å². The van der Waals surface area contributed by atoms with Gasteiger partial charge in [0.1, 0.15) is 5.82 Å². The molecule has 0 radical (unpaired) electrons. The number of hydrogen-bond donors (Lipinski definition) is 1. The van der Waals surface area contributed by atoms with Gasteiger partial charge in [0.25, 0.3) is 0 Å². The molecule has 0 aliphatic carbocycles. The average Bonchev–Trinajstić information content (AvgIpc) is 2.47. The lowest BCUT2D eigenvalue weighted by Crippen LogP contribution is -2.24. The van der Waals surface area contributed by atoms with Crippen molar-refractivity contribution in [3.63, 3.8) is 0 Å². The van der Waals surface area contributed by atoms with Gasteiger partial charge in [-0.2, -0.15) is 0 Å². The Morgan fingerprint density at radius 3 is 2.83 bits per heavy atom. The first kappa shape index (κ1) is 14.3. The summed E-state index contributed by atoms with van der Waals surface area (Å²) in [5.41, 5.74) is 0.626. The minimum absolute atomic E-state index is 0.00635. The highest BCUT2D eigenvalue weighted by molar-refractivity contribution is 7.85. The first-order chi connectivity index (χ1) is 8.49. The fourth-order valence-corrected chi connectivity index (χ4v) is 3.83. The largest absolute Gasteiger partial charge is 0.309 e. The fraction of sp³-hybridized carbons (Fsp3) is 0.500. The predicted octanol–water partition coefficient (Wildman–Crippen LogP) is 3.30. The minimum Gasteiger partial charge on any atom is -0.309 e. The maximum Gasteiger partial charge on any atom is 0.142 e. The van der Waals surface area contributed by atoms with Crippen molar-refractivity contribution in [2.45, 2.75) is 24.6 Å². The van der Waals surface area contributed by atoms with Gasteiger partial charge in [-0.1, -0.05) is 30.1 Å². The monoisotopic (exact) mass is 309 g/mol. The van der Waals surface area contributed by atoms with Crippen LogP contribution in [-0.4, -0.2) is 21.8 Å². The van der Waals surface area contributed by atoms with Crippen LogP contribution in [0.1, 0.15) is 24.9 Å². The first-order valence-electron chi connectivity index (χ1n) is 5.74. The van der Waals surface area contributed by atoms with Crippen LogP contribution in [-0.2, 0) is 10.8 Å². The van der Waals surface area contributed by atoms with E-state index in [4.69, 9.17) is 23.2 Å². The van der Waals surface area contributed by atoms with Crippen LogP contribution in [0.4, 0.5) is 4.39 Å². The topological polar surface area (TPSA) is 29.1 Å². The normalized spacial score (nSPS) is 29.0. The van der Waals surface area contributed by atoms with Crippen LogP contribution in [0.5, 0.6) is 0 Å². The molecule has 1 aliphatic heterocycles. The molecule has 0 bridgehead atoms. The third-order valence-electron chi connectivity index (χ3n) is 3.14.